The van der Waals surface area contributed by atoms with Gasteiger partial charge in [-0.05, 0) is 55.3 Å². The van der Waals surface area contributed by atoms with Crippen molar-refractivity contribution in [3.05, 3.63) is 35.7 Å². The topological polar surface area (TPSA) is 55.6 Å². The third-order valence-corrected chi connectivity index (χ3v) is 4.60. The second-order valence-corrected chi connectivity index (χ2v) is 6.32. The van der Waals surface area contributed by atoms with Crippen LogP contribution in [0.4, 0.5) is 0 Å². The van der Waals surface area contributed by atoms with Gasteiger partial charge in [-0.25, -0.2) is 0 Å². The third-order valence-electron chi connectivity index (χ3n) is 4.60. The van der Waals surface area contributed by atoms with Crippen molar-refractivity contribution in [2.24, 2.45) is 0 Å². The van der Waals surface area contributed by atoms with E-state index in [1.54, 1.807) is 0 Å². The van der Waals surface area contributed by atoms with Crippen molar-refractivity contribution in [1.29, 1.82) is 0 Å². The van der Waals surface area contributed by atoms with Gasteiger partial charge in [0.05, 0.1) is 11.2 Å². The van der Waals surface area contributed by atoms with Gasteiger partial charge in [0.2, 0.25) is 0 Å². The van der Waals surface area contributed by atoms with E-state index in [2.05, 4.69) is 59.0 Å². The summed E-state index contributed by atoms with van der Waals surface area (Å²) in [6.45, 7) is 5.29. The lowest BCUT2D eigenvalue weighted by molar-refractivity contribution is 0.217. The van der Waals surface area contributed by atoms with E-state index in [4.69, 9.17) is 0 Å². The monoisotopic (exact) mass is 299 g/mol. The molecule has 2 aromatic rings. The molecule has 0 unspecified atom stereocenters. The summed E-state index contributed by atoms with van der Waals surface area (Å²) >= 11 is 0. The summed E-state index contributed by atoms with van der Waals surface area (Å²) in [7, 11) is 0. The zero-order valence-corrected chi connectivity index (χ0v) is 13.5. The maximum atomic E-state index is 4.40. The zero-order chi connectivity index (χ0) is 15.4. The van der Waals surface area contributed by atoms with Gasteiger partial charge in [0, 0.05) is 0 Å². The predicted octanol–water partition coefficient (Wildman–Crippen LogP) is 3.13. The Hall–Kier alpha value is -1.75. The summed E-state index contributed by atoms with van der Waals surface area (Å²) in [5.74, 6) is 0.963. The Labute approximate surface area is 132 Å². The van der Waals surface area contributed by atoms with E-state index in [1.807, 2.05) is 4.68 Å². The molecule has 0 bridgehead atoms. The molecule has 1 heterocycles. The van der Waals surface area contributed by atoms with Crippen LogP contribution in [0.1, 0.15) is 56.8 Å². The summed E-state index contributed by atoms with van der Waals surface area (Å²) in [6, 6.07) is 8.39. The lowest BCUT2D eigenvalue weighted by Gasteiger charge is -2.37. The molecule has 1 N–H and O–H groups in total. The van der Waals surface area contributed by atoms with Crippen LogP contribution in [-0.4, -0.2) is 26.8 Å². The van der Waals surface area contributed by atoms with E-state index in [-0.39, 0.29) is 5.54 Å². The molecular weight excluding hydrogens is 274 g/mol. The van der Waals surface area contributed by atoms with Crippen molar-refractivity contribution < 1.29 is 0 Å². The molecule has 1 aromatic heterocycles. The van der Waals surface area contributed by atoms with Crippen LogP contribution in [0.3, 0.4) is 0 Å². The molecule has 0 radical (unpaired) electrons. The summed E-state index contributed by atoms with van der Waals surface area (Å²) in [5, 5.41) is 16.4. The van der Waals surface area contributed by atoms with Gasteiger partial charge in [-0.15, -0.1) is 5.10 Å². The number of tetrazole rings is 1. The van der Waals surface area contributed by atoms with E-state index in [1.165, 1.54) is 24.8 Å². The predicted molar refractivity (Wildman–Crippen MR) is 86.9 cm³/mol. The Kier molecular flexibility index (Phi) is 4.52. The second kappa shape index (κ2) is 6.57. The molecule has 22 heavy (non-hydrogen) atoms. The molecule has 0 atom stereocenters. The van der Waals surface area contributed by atoms with Crippen LogP contribution >= 0.6 is 0 Å². The first kappa shape index (κ1) is 15.2. The number of aromatic nitrogens is 4. The lowest BCUT2D eigenvalue weighted by Crippen LogP contribution is -2.46. The first-order chi connectivity index (χ1) is 10.7. The van der Waals surface area contributed by atoms with Crippen LogP contribution in [0.2, 0.25) is 0 Å². The van der Waals surface area contributed by atoms with Crippen LogP contribution in [0.25, 0.3) is 5.69 Å². The molecule has 1 aliphatic rings. The molecule has 1 aromatic carbocycles. The number of benzene rings is 1. The standard InChI is InChI=1S/C17H25N5/c1-3-13-18-17(11-5-4-6-12-17)16-19-20-21-22(16)15-9-7-14(2)8-10-15/h7-10,18H,3-6,11-13H2,1-2H3. The highest BCUT2D eigenvalue weighted by atomic mass is 15.6. The minimum atomic E-state index is -0.0807. The molecule has 0 amide bonds. The van der Waals surface area contributed by atoms with Crippen molar-refractivity contribution in [2.45, 2.75) is 57.9 Å². The first-order valence-electron chi connectivity index (χ1n) is 8.36. The zero-order valence-electron chi connectivity index (χ0n) is 13.5. The smallest absolute Gasteiger partial charge is 0.176 e. The minimum absolute atomic E-state index is 0.0807. The summed E-state index contributed by atoms with van der Waals surface area (Å²) < 4.78 is 1.91. The van der Waals surface area contributed by atoms with Gasteiger partial charge in [-0.2, -0.15) is 4.68 Å². The fourth-order valence-corrected chi connectivity index (χ4v) is 3.34. The van der Waals surface area contributed by atoms with Gasteiger partial charge in [0.25, 0.3) is 0 Å². The van der Waals surface area contributed by atoms with Crippen LogP contribution in [0.5, 0.6) is 0 Å². The Morgan fingerprint density at radius 3 is 2.55 bits per heavy atom. The van der Waals surface area contributed by atoms with E-state index in [9.17, 15) is 0 Å². The Morgan fingerprint density at radius 1 is 1.14 bits per heavy atom. The third kappa shape index (κ3) is 2.90. The molecule has 5 nitrogen and oxygen atoms in total. The molecule has 5 heteroatoms. The van der Waals surface area contributed by atoms with Crippen molar-refractivity contribution in [1.82, 2.24) is 25.5 Å². The van der Waals surface area contributed by atoms with Gasteiger partial charge >= 0.3 is 0 Å². The minimum Gasteiger partial charge on any atom is -0.305 e. The molecule has 0 spiro atoms. The number of hydrogen-bond donors (Lipinski definition) is 1. The largest absolute Gasteiger partial charge is 0.305 e. The highest BCUT2D eigenvalue weighted by Gasteiger charge is 2.38. The van der Waals surface area contributed by atoms with Crippen LogP contribution in [0, 0.1) is 6.92 Å². The van der Waals surface area contributed by atoms with Crippen molar-refractivity contribution in [3.8, 4) is 5.69 Å². The van der Waals surface area contributed by atoms with Crippen molar-refractivity contribution in [2.75, 3.05) is 6.54 Å². The highest BCUT2D eigenvalue weighted by Crippen LogP contribution is 2.36. The fraction of sp³-hybridized carbons (Fsp3) is 0.588. The molecule has 3 rings (SSSR count). The Bertz CT molecular complexity index is 596. The Morgan fingerprint density at radius 2 is 1.86 bits per heavy atom. The quantitative estimate of drug-likeness (QED) is 0.921. The SMILES string of the molecule is CCCNC1(c2nnnn2-c2ccc(C)cc2)CCCCC1. The normalized spacial score (nSPS) is 17.5. The van der Waals surface area contributed by atoms with E-state index >= 15 is 0 Å². The molecule has 1 fully saturated rings. The number of aryl methyl sites for hydroxylation is 1. The van der Waals surface area contributed by atoms with E-state index in [0.717, 1.165) is 37.3 Å². The van der Waals surface area contributed by atoms with E-state index < -0.39 is 0 Å². The Balaban J connectivity index is 1.98. The summed E-state index contributed by atoms with van der Waals surface area (Å²) in [4.78, 5) is 0. The van der Waals surface area contributed by atoms with Gasteiger partial charge < -0.3 is 5.32 Å². The van der Waals surface area contributed by atoms with Gasteiger partial charge in [0.1, 0.15) is 0 Å². The van der Waals surface area contributed by atoms with Crippen LogP contribution in [-0.2, 0) is 5.54 Å². The number of hydrogen-bond acceptors (Lipinski definition) is 4. The maximum Gasteiger partial charge on any atom is 0.176 e. The molecule has 0 saturated heterocycles. The lowest BCUT2D eigenvalue weighted by atomic mass is 9.80. The molecule has 1 aliphatic carbocycles. The molecular formula is C17H25N5. The summed E-state index contributed by atoms with van der Waals surface area (Å²) in [5.41, 5.74) is 2.20. The highest BCUT2D eigenvalue weighted by molar-refractivity contribution is 5.34. The van der Waals surface area contributed by atoms with Gasteiger partial charge in [-0.1, -0.05) is 43.9 Å². The summed E-state index contributed by atoms with van der Waals surface area (Å²) in [6.07, 6.45) is 7.11. The van der Waals surface area contributed by atoms with Crippen molar-refractivity contribution >= 4 is 0 Å². The number of nitrogens with one attached hydrogen (secondary N) is 1. The number of nitrogens with zero attached hydrogens (tertiary/aromatic N) is 4. The van der Waals surface area contributed by atoms with E-state index in [0.29, 0.717) is 0 Å². The van der Waals surface area contributed by atoms with Crippen LogP contribution in [0.15, 0.2) is 24.3 Å². The maximum absolute atomic E-state index is 4.40. The number of rotatable bonds is 5. The average molecular weight is 299 g/mol. The second-order valence-electron chi connectivity index (χ2n) is 6.32. The van der Waals surface area contributed by atoms with Gasteiger partial charge in [-0.3, -0.25) is 0 Å². The molecule has 0 aliphatic heterocycles. The molecule has 1 saturated carbocycles. The average Bonchev–Trinajstić information content (AvgIpc) is 3.05. The van der Waals surface area contributed by atoms with Crippen molar-refractivity contribution in [3.63, 3.8) is 0 Å². The van der Waals surface area contributed by atoms with Crippen LogP contribution < -0.4 is 5.32 Å². The van der Waals surface area contributed by atoms with Gasteiger partial charge in [0.15, 0.2) is 5.82 Å². The molecule has 118 valence electrons. The fourth-order valence-electron chi connectivity index (χ4n) is 3.34. The first-order valence-corrected chi connectivity index (χ1v) is 8.36.